The fourth-order valence-corrected chi connectivity index (χ4v) is 1.75. The maximum atomic E-state index is 11.5. The maximum Gasteiger partial charge on any atom is 0.330 e. The highest BCUT2D eigenvalue weighted by Gasteiger charge is 2.07. The second-order valence-electron chi connectivity index (χ2n) is 3.62. The lowest BCUT2D eigenvalue weighted by Crippen LogP contribution is -2.20. The zero-order valence-electron chi connectivity index (χ0n) is 10.2. The Morgan fingerprint density at radius 3 is 2.78 bits per heavy atom. The molecular weight excluding hydrogens is 298 g/mol. The third-order valence-electron chi connectivity index (χ3n) is 2.11. The molecule has 4 nitrogen and oxygen atoms in total. The van der Waals surface area contributed by atoms with Gasteiger partial charge in [0.05, 0.1) is 0 Å². The first-order valence-corrected chi connectivity index (χ1v) is 6.17. The van der Waals surface area contributed by atoms with Crippen molar-refractivity contribution in [2.75, 3.05) is 11.9 Å². The molecule has 5 heteroatoms. The van der Waals surface area contributed by atoms with Crippen molar-refractivity contribution in [2.45, 2.75) is 13.8 Å². The van der Waals surface area contributed by atoms with E-state index in [2.05, 4.69) is 21.2 Å². The maximum absolute atomic E-state index is 11.5. The van der Waals surface area contributed by atoms with Gasteiger partial charge in [0.25, 0.3) is 5.91 Å². The number of hydrogen-bond acceptors (Lipinski definition) is 3. The molecular formula is C13H14BrNO3. The standard InChI is InChI=1S/C13H14BrNO3/c1-3-4-13(17)18-8-12(16)15-11-6-5-10(14)7-9(11)2/h3-7H,8H2,1-2H3,(H,15,16)/b4-3+. The Kier molecular flexibility index (Phi) is 5.58. The minimum absolute atomic E-state index is 0.293. The highest BCUT2D eigenvalue weighted by Crippen LogP contribution is 2.19. The highest BCUT2D eigenvalue weighted by atomic mass is 79.9. The van der Waals surface area contributed by atoms with Crippen molar-refractivity contribution in [2.24, 2.45) is 0 Å². The summed E-state index contributed by atoms with van der Waals surface area (Å²) in [7, 11) is 0. The summed E-state index contributed by atoms with van der Waals surface area (Å²) in [6.07, 6.45) is 2.82. The Labute approximate surface area is 114 Å². The Bertz CT molecular complexity index is 483. The second kappa shape index (κ2) is 6.96. The molecule has 96 valence electrons. The predicted molar refractivity (Wildman–Crippen MR) is 73.3 cm³/mol. The zero-order chi connectivity index (χ0) is 13.5. The number of carbonyl (C=O) groups is 2. The van der Waals surface area contributed by atoms with E-state index in [1.807, 2.05) is 19.1 Å². The van der Waals surface area contributed by atoms with Crippen LogP contribution in [0.4, 0.5) is 5.69 Å². The summed E-state index contributed by atoms with van der Waals surface area (Å²) in [6.45, 7) is 3.29. The summed E-state index contributed by atoms with van der Waals surface area (Å²) >= 11 is 3.34. The monoisotopic (exact) mass is 311 g/mol. The van der Waals surface area contributed by atoms with Gasteiger partial charge in [-0.1, -0.05) is 22.0 Å². The van der Waals surface area contributed by atoms with Crippen LogP contribution in [0.15, 0.2) is 34.8 Å². The number of anilines is 1. The largest absolute Gasteiger partial charge is 0.452 e. The van der Waals surface area contributed by atoms with E-state index in [4.69, 9.17) is 4.74 Å². The number of hydrogen-bond donors (Lipinski definition) is 1. The molecule has 0 heterocycles. The van der Waals surface area contributed by atoms with E-state index in [0.29, 0.717) is 5.69 Å². The summed E-state index contributed by atoms with van der Waals surface area (Å²) in [5, 5.41) is 2.67. The number of esters is 1. The lowest BCUT2D eigenvalue weighted by atomic mass is 10.2. The van der Waals surface area contributed by atoms with Gasteiger partial charge in [-0.05, 0) is 37.6 Å². The number of halogens is 1. The molecule has 0 saturated heterocycles. The highest BCUT2D eigenvalue weighted by molar-refractivity contribution is 9.10. The summed E-state index contributed by atoms with van der Waals surface area (Å²) in [5.74, 6) is -0.890. The van der Waals surface area contributed by atoms with Gasteiger partial charge < -0.3 is 10.1 Å². The molecule has 0 unspecified atom stereocenters. The molecule has 18 heavy (non-hydrogen) atoms. The molecule has 1 rings (SSSR count). The lowest BCUT2D eigenvalue weighted by molar-refractivity contribution is -0.142. The number of benzene rings is 1. The fourth-order valence-electron chi connectivity index (χ4n) is 1.27. The van der Waals surface area contributed by atoms with Crippen LogP contribution in [0.2, 0.25) is 0 Å². The van der Waals surface area contributed by atoms with Crippen LogP contribution in [0.3, 0.4) is 0 Å². The molecule has 0 aliphatic heterocycles. The molecule has 1 aromatic carbocycles. The summed E-state index contributed by atoms with van der Waals surface area (Å²) in [4.78, 5) is 22.6. The van der Waals surface area contributed by atoms with Crippen molar-refractivity contribution < 1.29 is 14.3 Å². The van der Waals surface area contributed by atoms with Crippen LogP contribution in [0, 0.1) is 6.92 Å². The van der Waals surface area contributed by atoms with Crippen LogP contribution >= 0.6 is 15.9 Å². The number of ether oxygens (including phenoxy) is 1. The molecule has 1 aromatic rings. The van der Waals surface area contributed by atoms with Gasteiger partial charge in [0, 0.05) is 16.2 Å². The molecule has 0 radical (unpaired) electrons. The summed E-state index contributed by atoms with van der Waals surface area (Å²) in [6, 6.07) is 5.50. The molecule has 0 atom stereocenters. The van der Waals surface area contributed by atoms with Crippen LogP contribution in [0.25, 0.3) is 0 Å². The minimum atomic E-state index is -0.528. The van der Waals surface area contributed by atoms with Gasteiger partial charge in [-0.15, -0.1) is 0 Å². The van der Waals surface area contributed by atoms with Gasteiger partial charge in [-0.2, -0.15) is 0 Å². The minimum Gasteiger partial charge on any atom is -0.452 e. The van der Waals surface area contributed by atoms with Crippen molar-refractivity contribution in [1.29, 1.82) is 0 Å². The number of aryl methyl sites for hydroxylation is 1. The van der Waals surface area contributed by atoms with Crippen LogP contribution < -0.4 is 5.32 Å². The zero-order valence-corrected chi connectivity index (χ0v) is 11.8. The Balaban J connectivity index is 2.52. The fraction of sp³-hybridized carbons (Fsp3) is 0.231. The number of carbonyl (C=O) groups excluding carboxylic acids is 2. The van der Waals surface area contributed by atoms with E-state index < -0.39 is 5.97 Å². The molecule has 0 spiro atoms. The van der Waals surface area contributed by atoms with Crippen molar-refractivity contribution in [3.05, 3.63) is 40.4 Å². The first-order valence-electron chi connectivity index (χ1n) is 5.38. The number of rotatable bonds is 4. The van der Waals surface area contributed by atoms with Crippen molar-refractivity contribution in [1.82, 2.24) is 0 Å². The van der Waals surface area contributed by atoms with Crippen molar-refractivity contribution in [3.8, 4) is 0 Å². The van der Waals surface area contributed by atoms with Crippen LogP contribution in [0.5, 0.6) is 0 Å². The molecule has 1 N–H and O–H groups in total. The van der Waals surface area contributed by atoms with Gasteiger partial charge >= 0.3 is 5.97 Å². The number of amides is 1. The van der Waals surface area contributed by atoms with Gasteiger partial charge in [-0.25, -0.2) is 4.79 Å². The Morgan fingerprint density at radius 2 is 2.17 bits per heavy atom. The smallest absolute Gasteiger partial charge is 0.330 e. The molecule has 0 aromatic heterocycles. The molecule has 0 saturated carbocycles. The van der Waals surface area contributed by atoms with Gasteiger partial charge in [-0.3, -0.25) is 4.79 Å². The average molecular weight is 312 g/mol. The normalized spacial score (nSPS) is 10.4. The van der Waals surface area contributed by atoms with Crippen LogP contribution in [-0.4, -0.2) is 18.5 Å². The topological polar surface area (TPSA) is 55.4 Å². The third kappa shape index (κ3) is 4.71. The lowest BCUT2D eigenvalue weighted by Gasteiger charge is -2.08. The summed E-state index contributed by atoms with van der Waals surface area (Å²) in [5.41, 5.74) is 1.63. The first kappa shape index (κ1) is 14.4. The van der Waals surface area contributed by atoms with Gasteiger partial charge in [0.2, 0.25) is 0 Å². The predicted octanol–water partition coefficient (Wildman–Crippen LogP) is 2.82. The van der Waals surface area contributed by atoms with E-state index in [9.17, 15) is 9.59 Å². The van der Waals surface area contributed by atoms with E-state index >= 15 is 0 Å². The number of allylic oxidation sites excluding steroid dienone is 1. The third-order valence-corrected chi connectivity index (χ3v) is 2.60. The Morgan fingerprint density at radius 1 is 1.44 bits per heavy atom. The van der Waals surface area contributed by atoms with E-state index in [-0.39, 0.29) is 12.5 Å². The van der Waals surface area contributed by atoms with E-state index in [0.717, 1.165) is 10.0 Å². The van der Waals surface area contributed by atoms with Crippen molar-refractivity contribution >= 4 is 33.5 Å². The quantitative estimate of drug-likeness (QED) is 0.687. The van der Waals surface area contributed by atoms with E-state index in [1.54, 1.807) is 19.1 Å². The molecule has 0 fully saturated rings. The number of nitrogens with one attached hydrogen (secondary N) is 1. The van der Waals surface area contributed by atoms with Crippen LogP contribution in [-0.2, 0) is 14.3 Å². The average Bonchev–Trinajstić information content (AvgIpc) is 2.31. The molecule has 0 bridgehead atoms. The Hall–Kier alpha value is -1.62. The van der Waals surface area contributed by atoms with Crippen LogP contribution in [0.1, 0.15) is 12.5 Å². The second-order valence-corrected chi connectivity index (χ2v) is 4.53. The van der Waals surface area contributed by atoms with Crippen molar-refractivity contribution in [3.63, 3.8) is 0 Å². The molecule has 0 aliphatic carbocycles. The van der Waals surface area contributed by atoms with E-state index in [1.165, 1.54) is 6.08 Å². The molecule has 0 aliphatic rings. The summed E-state index contributed by atoms with van der Waals surface area (Å²) < 4.78 is 5.68. The van der Waals surface area contributed by atoms with Gasteiger partial charge in [0.1, 0.15) is 0 Å². The molecule has 1 amide bonds. The first-order chi connectivity index (χ1) is 8.52. The SMILES string of the molecule is C/C=C/C(=O)OCC(=O)Nc1ccc(Br)cc1C. The van der Waals surface area contributed by atoms with Gasteiger partial charge in [0.15, 0.2) is 6.61 Å².